The molecule has 90 valence electrons. The van der Waals surface area contributed by atoms with Gasteiger partial charge in [-0.25, -0.2) is 5.84 Å². The van der Waals surface area contributed by atoms with Crippen molar-refractivity contribution in [3.8, 4) is 0 Å². The molecule has 18 heavy (non-hydrogen) atoms. The number of aliphatic imine (C=N–C) groups is 2. The van der Waals surface area contributed by atoms with Gasteiger partial charge < -0.3 is 4.90 Å². The predicted octanol–water partition coefficient (Wildman–Crippen LogP) is 0.167. The van der Waals surface area contributed by atoms with Crippen molar-refractivity contribution in [2.24, 2.45) is 15.8 Å². The van der Waals surface area contributed by atoms with E-state index >= 15 is 0 Å². The Kier molecular flexibility index (Phi) is 2.42. The molecule has 6 heteroatoms. The number of nitrogens with zero attached hydrogens (tertiary/aromatic N) is 3. The van der Waals surface area contributed by atoms with E-state index in [9.17, 15) is 4.79 Å². The van der Waals surface area contributed by atoms with Crippen LogP contribution < -0.4 is 16.2 Å². The maximum atomic E-state index is 11.7. The van der Waals surface area contributed by atoms with Gasteiger partial charge in [0.25, 0.3) is 5.91 Å². The summed E-state index contributed by atoms with van der Waals surface area (Å²) in [5.41, 5.74) is 4.72. The topological polar surface area (TPSA) is 83.1 Å². The molecule has 0 aliphatic carbocycles. The van der Waals surface area contributed by atoms with Crippen LogP contribution in [0.15, 0.2) is 46.1 Å². The number of carbonyl (C=O) groups is 1. The summed E-state index contributed by atoms with van der Waals surface area (Å²) in [4.78, 5) is 21.9. The maximum absolute atomic E-state index is 11.7. The summed E-state index contributed by atoms with van der Waals surface area (Å²) in [7, 11) is 0. The van der Waals surface area contributed by atoms with Gasteiger partial charge in [-0.2, -0.15) is 0 Å². The second-order valence-corrected chi connectivity index (χ2v) is 3.92. The van der Waals surface area contributed by atoms with Gasteiger partial charge in [-0.15, -0.1) is 0 Å². The number of anilines is 1. The molecule has 0 saturated carbocycles. The van der Waals surface area contributed by atoms with Gasteiger partial charge in [0.2, 0.25) is 6.17 Å². The first-order valence-corrected chi connectivity index (χ1v) is 5.46. The molecule has 6 nitrogen and oxygen atoms in total. The van der Waals surface area contributed by atoms with E-state index in [1.54, 1.807) is 18.6 Å². The van der Waals surface area contributed by atoms with Crippen LogP contribution in [-0.4, -0.2) is 24.5 Å². The molecule has 0 radical (unpaired) electrons. The van der Waals surface area contributed by atoms with Crippen molar-refractivity contribution in [1.29, 1.82) is 0 Å². The van der Waals surface area contributed by atoms with Gasteiger partial charge in [0, 0.05) is 18.0 Å². The molecule has 1 aromatic carbocycles. The molecular formula is C12H11N5O. The normalized spacial score (nSPS) is 19.9. The quantitative estimate of drug-likeness (QED) is 0.417. The Labute approximate surface area is 103 Å². The third-order valence-corrected chi connectivity index (χ3v) is 2.86. The van der Waals surface area contributed by atoms with Crippen molar-refractivity contribution in [3.63, 3.8) is 0 Å². The van der Waals surface area contributed by atoms with Gasteiger partial charge in [-0.3, -0.25) is 20.2 Å². The summed E-state index contributed by atoms with van der Waals surface area (Å²) in [5, 5.41) is 0. The Morgan fingerprint density at radius 2 is 2.17 bits per heavy atom. The minimum Gasteiger partial charge on any atom is -0.307 e. The number of amides is 1. The molecule has 2 heterocycles. The van der Waals surface area contributed by atoms with Crippen molar-refractivity contribution >= 4 is 24.0 Å². The van der Waals surface area contributed by atoms with E-state index in [0.29, 0.717) is 0 Å². The molecule has 1 amide bonds. The highest BCUT2D eigenvalue weighted by atomic mass is 16.2. The molecule has 3 N–H and O–H groups in total. The molecular weight excluding hydrogens is 230 g/mol. The molecule has 3 rings (SSSR count). The number of fused-ring (bicyclic) bond motifs is 3. The standard InChI is InChI=1S/C12H11N5O/c13-16-12(18)11-15-7-9-6-14-5-8-3-1-2-4-10(8)17(9)11/h1-7,11H,13H2,(H,16,18). The molecule has 1 atom stereocenters. The van der Waals surface area contributed by atoms with Crippen LogP contribution in [0.5, 0.6) is 0 Å². The third kappa shape index (κ3) is 1.51. The lowest BCUT2D eigenvalue weighted by molar-refractivity contribution is -0.122. The zero-order valence-electron chi connectivity index (χ0n) is 9.45. The Hall–Kier alpha value is -2.47. The van der Waals surface area contributed by atoms with Crippen LogP contribution in [0.1, 0.15) is 5.56 Å². The van der Waals surface area contributed by atoms with Crippen molar-refractivity contribution in [1.82, 2.24) is 5.43 Å². The summed E-state index contributed by atoms with van der Waals surface area (Å²) in [6, 6.07) is 7.69. The Morgan fingerprint density at radius 3 is 3.00 bits per heavy atom. The second kappa shape index (κ2) is 4.08. The summed E-state index contributed by atoms with van der Waals surface area (Å²) >= 11 is 0. The minimum absolute atomic E-state index is 0.355. The number of nitrogens with one attached hydrogen (secondary N) is 1. The van der Waals surface area contributed by atoms with Gasteiger partial charge in [-0.1, -0.05) is 18.2 Å². The molecule has 0 fully saturated rings. The van der Waals surface area contributed by atoms with E-state index in [-0.39, 0.29) is 5.91 Å². The maximum Gasteiger partial charge on any atom is 0.279 e. The van der Waals surface area contributed by atoms with Crippen LogP contribution in [0.4, 0.5) is 5.69 Å². The van der Waals surface area contributed by atoms with E-state index in [2.05, 4.69) is 15.4 Å². The highest BCUT2D eigenvalue weighted by Gasteiger charge is 2.33. The van der Waals surface area contributed by atoms with Crippen LogP contribution in [0.3, 0.4) is 0 Å². The number of carbonyl (C=O) groups excluding carboxylic acids is 1. The smallest absolute Gasteiger partial charge is 0.279 e. The first-order valence-electron chi connectivity index (χ1n) is 5.46. The summed E-state index contributed by atoms with van der Waals surface area (Å²) in [6.07, 6.45) is 4.38. The van der Waals surface area contributed by atoms with E-state index in [1.165, 1.54) is 0 Å². The summed E-state index contributed by atoms with van der Waals surface area (Å²) < 4.78 is 0. The van der Waals surface area contributed by atoms with Crippen molar-refractivity contribution in [3.05, 3.63) is 41.7 Å². The average Bonchev–Trinajstić information content (AvgIpc) is 2.74. The molecule has 0 aromatic heterocycles. The minimum atomic E-state index is -0.677. The van der Waals surface area contributed by atoms with Crippen LogP contribution in [0.25, 0.3) is 0 Å². The Morgan fingerprint density at radius 1 is 1.33 bits per heavy atom. The average molecular weight is 241 g/mol. The highest BCUT2D eigenvalue weighted by molar-refractivity contribution is 6.01. The van der Waals surface area contributed by atoms with Crippen LogP contribution in [0, 0.1) is 0 Å². The fourth-order valence-electron chi connectivity index (χ4n) is 2.05. The molecule has 0 saturated heterocycles. The van der Waals surface area contributed by atoms with Crippen LogP contribution in [0.2, 0.25) is 0 Å². The largest absolute Gasteiger partial charge is 0.307 e. The monoisotopic (exact) mass is 241 g/mol. The van der Waals surface area contributed by atoms with Gasteiger partial charge in [0.05, 0.1) is 17.6 Å². The molecule has 2 aliphatic rings. The molecule has 0 bridgehead atoms. The molecule has 2 aliphatic heterocycles. The van der Waals surface area contributed by atoms with E-state index < -0.39 is 6.17 Å². The number of rotatable bonds is 1. The number of hydrazine groups is 1. The van der Waals surface area contributed by atoms with Crippen molar-refractivity contribution in [2.45, 2.75) is 6.17 Å². The molecule has 1 aromatic rings. The van der Waals surface area contributed by atoms with E-state index in [0.717, 1.165) is 16.9 Å². The Balaban J connectivity index is 2.11. The fraction of sp³-hybridized carbons (Fsp3) is 0.0833. The van der Waals surface area contributed by atoms with Crippen LogP contribution >= 0.6 is 0 Å². The van der Waals surface area contributed by atoms with Gasteiger partial charge >= 0.3 is 0 Å². The number of benzene rings is 1. The van der Waals surface area contributed by atoms with Gasteiger partial charge in [0.15, 0.2) is 0 Å². The summed E-state index contributed by atoms with van der Waals surface area (Å²) in [5.74, 6) is 4.83. The zero-order valence-corrected chi connectivity index (χ0v) is 9.45. The van der Waals surface area contributed by atoms with Gasteiger partial charge in [0.1, 0.15) is 0 Å². The first-order chi connectivity index (χ1) is 8.81. The number of allylic oxidation sites excluding steroid dienone is 1. The number of para-hydroxylation sites is 1. The van der Waals surface area contributed by atoms with Crippen LogP contribution in [-0.2, 0) is 4.79 Å². The van der Waals surface area contributed by atoms with E-state index in [1.807, 2.05) is 29.2 Å². The predicted molar refractivity (Wildman–Crippen MR) is 69.2 cm³/mol. The lowest BCUT2D eigenvalue weighted by atomic mass is 10.1. The molecule has 0 spiro atoms. The van der Waals surface area contributed by atoms with Crippen molar-refractivity contribution in [2.75, 3.05) is 4.90 Å². The Bertz CT molecular complexity index is 590. The lowest BCUT2D eigenvalue weighted by Gasteiger charge is -2.25. The fourth-order valence-corrected chi connectivity index (χ4v) is 2.05. The number of nitrogens with two attached hydrogens (primary N) is 1. The molecule has 1 unspecified atom stereocenters. The number of hydrogen-bond acceptors (Lipinski definition) is 5. The lowest BCUT2D eigenvalue weighted by Crippen LogP contribution is -2.45. The SMILES string of the molecule is NNC(=O)C1N=CC2=CN=Cc3ccccc3N21. The highest BCUT2D eigenvalue weighted by Crippen LogP contribution is 2.30. The van der Waals surface area contributed by atoms with Gasteiger partial charge in [-0.05, 0) is 6.07 Å². The van der Waals surface area contributed by atoms with Crippen molar-refractivity contribution < 1.29 is 4.79 Å². The summed E-state index contributed by atoms with van der Waals surface area (Å²) in [6.45, 7) is 0. The first kappa shape index (κ1) is 10.7. The third-order valence-electron chi connectivity index (χ3n) is 2.86. The second-order valence-electron chi connectivity index (χ2n) is 3.92. The number of hydrogen-bond donors (Lipinski definition) is 2. The van der Waals surface area contributed by atoms with E-state index in [4.69, 9.17) is 5.84 Å². The zero-order chi connectivity index (χ0) is 12.5.